The summed E-state index contributed by atoms with van der Waals surface area (Å²) in [5.74, 6) is -2.16. The van der Waals surface area contributed by atoms with Gasteiger partial charge >= 0.3 is 0 Å². The molecule has 758 valence electrons. The molecular weight excluding hydrogens is 1710 g/mol. The summed E-state index contributed by atoms with van der Waals surface area (Å²) >= 11 is 0. The number of unbranched alkanes of at least 4 members (excludes halogenated alkanes) is 30. The first kappa shape index (κ1) is 114. The molecule has 40 nitrogen and oxygen atoms in total. The first-order valence-corrected chi connectivity index (χ1v) is 48.0. The summed E-state index contributed by atoms with van der Waals surface area (Å²) in [5, 5.41) is 233. The number of aliphatic hydroxyl groups is 20. The van der Waals surface area contributed by atoms with E-state index in [1.165, 1.54) is 155 Å². The third-order valence-corrected chi connectivity index (χ3v) is 25.5. The third kappa shape index (κ3) is 34.8. The van der Waals surface area contributed by atoms with Gasteiger partial charge in [-0.2, -0.15) is 0 Å². The average Bonchev–Trinajstić information content (AvgIpc) is 0.763. The Hall–Kier alpha value is -3.47. The number of carbonyl (C=O) groups excluding carboxylic acids is 3. The van der Waals surface area contributed by atoms with Gasteiger partial charge < -0.3 is 184 Å². The summed E-state index contributed by atoms with van der Waals surface area (Å²) in [5.41, 5.74) is 0. The van der Waals surface area contributed by atoms with Crippen LogP contribution >= 0.6 is 0 Å². The number of allylic oxidation sites excluding steroid dienone is 3. The van der Waals surface area contributed by atoms with Crippen LogP contribution in [0.15, 0.2) is 24.3 Å². The average molecular weight is 1880 g/mol. The van der Waals surface area contributed by atoms with Crippen LogP contribution in [-0.4, -0.2) is 393 Å². The van der Waals surface area contributed by atoms with Crippen LogP contribution in [0, 0.1) is 0 Å². The number of rotatable bonds is 61. The lowest BCUT2D eigenvalue weighted by atomic mass is 9.93. The summed E-state index contributed by atoms with van der Waals surface area (Å²) in [7, 11) is 0. The molecule has 0 aromatic heterocycles. The molecule has 23 N–H and O–H groups in total. The Bertz CT molecular complexity index is 3110. The molecule has 3 amide bonds. The molecule has 0 aromatic rings. The van der Waals surface area contributed by atoms with E-state index in [0.29, 0.717) is 12.8 Å². The van der Waals surface area contributed by atoms with Crippen molar-refractivity contribution in [3.63, 3.8) is 0 Å². The minimum atomic E-state index is -2.34. The van der Waals surface area contributed by atoms with Crippen molar-refractivity contribution in [1.82, 2.24) is 16.0 Å². The number of hydrogen-bond acceptors (Lipinski definition) is 37. The summed E-state index contributed by atoms with van der Waals surface area (Å²) in [4.78, 5) is 40.0. The number of nitrogens with one attached hydrogen (secondary N) is 3. The minimum absolute atomic E-state index is 0.161. The molecule has 0 spiro atoms. The van der Waals surface area contributed by atoms with Crippen LogP contribution in [0.3, 0.4) is 0 Å². The van der Waals surface area contributed by atoms with Gasteiger partial charge in [0.25, 0.3) is 0 Å². The second-order valence-corrected chi connectivity index (χ2v) is 35.9. The van der Waals surface area contributed by atoms with Gasteiger partial charge in [0.2, 0.25) is 17.7 Å². The largest absolute Gasteiger partial charge is 0.394 e. The maximum Gasteiger partial charge on any atom is 0.220 e. The summed E-state index contributed by atoms with van der Waals surface area (Å²) in [6.07, 6.45) is -19.3. The van der Waals surface area contributed by atoms with Gasteiger partial charge in [-0.05, 0) is 51.9 Å². The van der Waals surface area contributed by atoms with E-state index in [-0.39, 0.29) is 12.3 Å². The molecule has 0 bridgehead atoms. The molecule has 7 aliphatic rings. The quantitative estimate of drug-likeness (QED) is 0.0265. The Balaban J connectivity index is 0.978. The molecule has 7 fully saturated rings. The highest BCUT2D eigenvalue weighted by atomic mass is 16.8. The van der Waals surface area contributed by atoms with E-state index < -0.39 is 285 Å². The monoisotopic (exact) mass is 1880 g/mol. The third-order valence-electron chi connectivity index (χ3n) is 25.5. The van der Waals surface area contributed by atoms with E-state index in [1.54, 1.807) is 6.08 Å². The second-order valence-electron chi connectivity index (χ2n) is 35.9. The van der Waals surface area contributed by atoms with Crippen molar-refractivity contribution in [3.8, 4) is 0 Å². The van der Waals surface area contributed by atoms with Crippen molar-refractivity contribution in [2.24, 2.45) is 0 Å². The first-order chi connectivity index (χ1) is 62.5. The normalized spacial score (nSPS) is 37.3. The van der Waals surface area contributed by atoms with Crippen LogP contribution in [0.5, 0.6) is 0 Å². The van der Waals surface area contributed by atoms with Crippen molar-refractivity contribution in [2.75, 3.05) is 46.2 Å². The molecule has 0 saturated carbocycles. The van der Waals surface area contributed by atoms with Crippen molar-refractivity contribution in [2.45, 2.75) is 480 Å². The van der Waals surface area contributed by atoms with Crippen LogP contribution in [0.25, 0.3) is 0 Å². The first-order valence-electron chi connectivity index (χ1n) is 48.0. The van der Waals surface area contributed by atoms with Gasteiger partial charge in [-0.25, -0.2) is 0 Å². The molecule has 14 unspecified atom stereocenters. The van der Waals surface area contributed by atoms with Gasteiger partial charge in [0.15, 0.2) is 44.0 Å². The highest BCUT2D eigenvalue weighted by molar-refractivity contribution is 5.76. The van der Waals surface area contributed by atoms with E-state index in [0.717, 1.165) is 65.2 Å². The Kier molecular flexibility index (Phi) is 53.3. The fourth-order valence-corrected chi connectivity index (χ4v) is 17.6. The number of hydrogen-bond donors (Lipinski definition) is 23. The number of ether oxygens (including phenoxy) is 14. The number of amides is 3. The maximum absolute atomic E-state index is 13.7. The lowest BCUT2D eigenvalue weighted by Crippen LogP contribution is -2.71. The highest BCUT2D eigenvalue weighted by Crippen LogP contribution is 2.40. The molecule has 0 radical (unpaired) electrons. The molecule has 7 saturated heterocycles. The van der Waals surface area contributed by atoms with Crippen molar-refractivity contribution in [3.05, 3.63) is 24.3 Å². The smallest absolute Gasteiger partial charge is 0.220 e. The fourth-order valence-electron chi connectivity index (χ4n) is 17.6. The Morgan fingerprint density at radius 3 is 1.08 bits per heavy atom. The van der Waals surface area contributed by atoms with Crippen molar-refractivity contribution >= 4 is 17.7 Å². The zero-order valence-corrected chi connectivity index (χ0v) is 76.5. The van der Waals surface area contributed by atoms with Crippen LogP contribution in [-0.2, 0) is 80.7 Å². The van der Waals surface area contributed by atoms with Gasteiger partial charge in [-0.3, -0.25) is 14.4 Å². The zero-order valence-electron chi connectivity index (χ0n) is 76.5. The van der Waals surface area contributed by atoms with Crippen LogP contribution < -0.4 is 16.0 Å². The summed E-state index contributed by atoms with van der Waals surface area (Å²) in [6, 6.07) is -4.86. The molecular formula is C90H161N3O37. The van der Waals surface area contributed by atoms with E-state index in [2.05, 4.69) is 41.9 Å². The predicted octanol–water partition coefficient (Wildman–Crippen LogP) is -0.675. The number of aliphatic hydroxyl groups excluding tert-OH is 20. The zero-order chi connectivity index (χ0) is 94.9. The van der Waals surface area contributed by atoms with Crippen LogP contribution in [0.2, 0.25) is 0 Å². The minimum Gasteiger partial charge on any atom is -0.394 e. The second kappa shape index (κ2) is 61.1. The fraction of sp³-hybridized carbons (Fsp3) is 0.922. The lowest BCUT2D eigenvalue weighted by Gasteiger charge is -2.52. The van der Waals surface area contributed by atoms with Crippen molar-refractivity contribution in [1.29, 1.82) is 0 Å². The lowest BCUT2D eigenvalue weighted by molar-refractivity contribution is -0.393. The molecule has 0 aliphatic carbocycles. The Morgan fingerprint density at radius 1 is 0.315 bits per heavy atom. The van der Waals surface area contributed by atoms with Gasteiger partial charge in [0, 0.05) is 20.3 Å². The van der Waals surface area contributed by atoms with E-state index in [4.69, 9.17) is 66.3 Å². The van der Waals surface area contributed by atoms with Crippen LogP contribution in [0.4, 0.5) is 0 Å². The predicted molar refractivity (Wildman–Crippen MR) is 462 cm³/mol. The van der Waals surface area contributed by atoms with Crippen molar-refractivity contribution < 1.29 is 183 Å². The van der Waals surface area contributed by atoms with Gasteiger partial charge in [0.05, 0.1) is 64.5 Å². The summed E-state index contributed by atoms with van der Waals surface area (Å²) in [6.45, 7) is 1.01. The Labute approximate surface area is 763 Å². The van der Waals surface area contributed by atoms with E-state index >= 15 is 0 Å². The Morgan fingerprint density at radius 2 is 0.638 bits per heavy atom. The van der Waals surface area contributed by atoms with Gasteiger partial charge in [0.1, 0.15) is 165 Å². The number of carbonyl (C=O) groups is 3. The SMILES string of the molecule is CCCCCCCC/C=C\CCCCCCCCCCCCCCCC(=O)N[C@@H](CO[C@@H]1OC(CO)[C@@H](O[C@@H]2OC(CO)[C@H](O)[C@H](O[C@@H]3OC(CO)[C@@H](O[C@@H]4OC(CO)[C@H](O)[C@H](O[C@@H]5OC(CO)[C@@H](O[C@@H]6OC(CO)[C@H](O)[C@H](O)C6O)[C@H](O[C@H]6OC(C)[C@@H](O)C(O)[C@@H]6O)C5NC(C)=O)C4O)[C@H](O)C3NC(C)=O)C2O)[C@H](O)C1O)[C@H](O)/C=C/CCCCCCCCCCCCC. The molecule has 130 heavy (non-hydrogen) atoms. The van der Waals surface area contributed by atoms with Gasteiger partial charge in [-0.15, -0.1) is 0 Å². The van der Waals surface area contributed by atoms with Crippen LogP contribution in [0.1, 0.15) is 253 Å². The highest BCUT2D eigenvalue weighted by Gasteiger charge is 2.60. The molecule has 7 aliphatic heterocycles. The van der Waals surface area contributed by atoms with E-state index in [1.807, 2.05) is 6.08 Å². The molecule has 7 heterocycles. The maximum atomic E-state index is 13.7. The molecule has 0 aromatic carbocycles. The standard InChI is InChI=1S/C90H161N3O37/c1-6-8-10-12-14-16-18-20-21-22-23-24-25-26-27-28-29-31-33-35-37-39-41-43-62(103)93-54(55(102)42-40-38-36-34-32-30-19-17-15-13-11-9-7-2)50-117-86-75(114)72(111)79(60(48-98)124-86)126-90-76(115)82(67(106)57(45-95)121-90)129-84-63(91-52(4)100)69(108)78(59(47-97)122-84)125-89-77(116)83(68(107)58(46-96)120-89)130-85-64(92-53(5)101)81(128-87-73(112)70(109)65(104)51(3)118-87)80(61(49-99)123-85)127-88-74(113)71(110)66(105)56(44-94)119-88/h20-21,40,42,51,54-61,63-90,94-99,102,104-116H,6-19,22-39,41,43-50H2,1-5H3,(H,91,100)(H,92,101)(H,93,103)/b21-20-,42-40+/t51?,54-,55+,56?,57?,58?,59?,60?,61?,63?,64?,65+,66-,67-,68-,69+,70?,71-,72+,73-,74?,75?,76?,77?,78+,79+,80+,81+,82-,83-,84-,85-,86+,87+,88-,89-,90-/m0/s1. The van der Waals surface area contributed by atoms with E-state index in [9.17, 15) is 117 Å². The molecule has 37 atom stereocenters. The summed E-state index contributed by atoms with van der Waals surface area (Å²) < 4.78 is 84.1. The molecule has 40 heteroatoms. The van der Waals surface area contributed by atoms with Gasteiger partial charge in [-0.1, -0.05) is 205 Å². The molecule has 7 rings (SSSR count). The topological polar surface area (TPSA) is 621 Å².